The number of thioether (sulfide) groups is 1. The number of benzene rings is 2. The van der Waals surface area contributed by atoms with Crippen LogP contribution in [0.5, 0.6) is 0 Å². The molecule has 2 aromatic rings. The highest BCUT2D eigenvalue weighted by atomic mass is 32.2. The number of nitrogens with one attached hydrogen (secondary N) is 1. The van der Waals surface area contributed by atoms with Crippen molar-refractivity contribution < 1.29 is 14.0 Å². The van der Waals surface area contributed by atoms with E-state index in [4.69, 9.17) is 0 Å². The zero-order chi connectivity index (χ0) is 22.2. The molecule has 1 aliphatic heterocycles. The Morgan fingerprint density at radius 1 is 1.13 bits per heavy atom. The molecule has 0 bridgehead atoms. The molecule has 0 aromatic heterocycles. The van der Waals surface area contributed by atoms with E-state index in [1.54, 1.807) is 24.0 Å². The number of amides is 2. The Morgan fingerprint density at radius 3 is 2.68 bits per heavy atom. The van der Waals surface area contributed by atoms with E-state index in [9.17, 15) is 14.0 Å². The molecule has 1 atom stereocenters. The fraction of sp³-hybridized carbons (Fsp3) is 0.440. The van der Waals surface area contributed by atoms with Crippen molar-refractivity contribution in [2.24, 2.45) is 0 Å². The lowest BCUT2D eigenvalue weighted by Gasteiger charge is -2.25. The smallest absolute Gasteiger partial charge is 0.238 e. The van der Waals surface area contributed by atoms with Crippen LogP contribution in [0.25, 0.3) is 0 Å². The molecule has 6 heteroatoms. The van der Waals surface area contributed by atoms with Gasteiger partial charge in [-0.2, -0.15) is 0 Å². The summed E-state index contributed by atoms with van der Waals surface area (Å²) in [6.45, 7) is 3.90. The second-order valence-corrected chi connectivity index (χ2v) is 9.12. The molecule has 2 aromatic carbocycles. The molecule has 2 amide bonds. The fourth-order valence-corrected chi connectivity index (χ4v) is 4.91. The molecular formula is C25H31FN2O2S. The predicted octanol–water partition coefficient (Wildman–Crippen LogP) is 6.60. The van der Waals surface area contributed by atoms with Crippen LogP contribution in [0.2, 0.25) is 0 Å². The van der Waals surface area contributed by atoms with Crippen molar-refractivity contribution in [2.75, 3.05) is 16.0 Å². The zero-order valence-corrected chi connectivity index (χ0v) is 19.1. The Balaban J connectivity index is 1.64. The maximum atomic E-state index is 14.1. The van der Waals surface area contributed by atoms with Crippen molar-refractivity contribution in [3.63, 3.8) is 0 Å². The minimum atomic E-state index is -0.323. The van der Waals surface area contributed by atoms with Gasteiger partial charge >= 0.3 is 0 Å². The molecule has 1 N–H and O–H groups in total. The number of unbranched alkanes of at least 4 members (excludes halogenated alkanes) is 5. The Morgan fingerprint density at radius 2 is 1.90 bits per heavy atom. The number of carbonyl (C=O) groups is 2. The fourth-order valence-electron chi connectivity index (χ4n) is 3.74. The number of hydrogen-bond donors (Lipinski definition) is 1. The van der Waals surface area contributed by atoms with Gasteiger partial charge in [0, 0.05) is 17.8 Å². The van der Waals surface area contributed by atoms with E-state index in [-0.39, 0.29) is 23.0 Å². The number of carbonyl (C=O) groups excluding carboxylic acids is 2. The first-order chi connectivity index (χ1) is 15.0. The van der Waals surface area contributed by atoms with E-state index in [0.717, 1.165) is 24.1 Å². The molecular weight excluding hydrogens is 411 g/mol. The van der Waals surface area contributed by atoms with E-state index in [1.165, 1.54) is 43.5 Å². The van der Waals surface area contributed by atoms with Crippen LogP contribution in [0, 0.1) is 12.7 Å². The van der Waals surface area contributed by atoms with Gasteiger partial charge in [-0.1, -0.05) is 57.2 Å². The summed E-state index contributed by atoms with van der Waals surface area (Å²) in [5, 5.41) is 2.73. The number of rotatable bonds is 10. The number of anilines is 2. The van der Waals surface area contributed by atoms with Gasteiger partial charge in [-0.15, -0.1) is 11.8 Å². The number of aryl methyl sites for hydroxylation is 1. The molecule has 1 saturated heterocycles. The van der Waals surface area contributed by atoms with E-state index in [2.05, 4.69) is 12.2 Å². The van der Waals surface area contributed by atoms with E-state index < -0.39 is 0 Å². The molecule has 1 aliphatic rings. The van der Waals surface area contributed by atoms with Gasteiger partial charge in [0.25, 0.3) is 0 Å². The van der Waals surface area contributed by atoms with Gasteiger partial charge in [0.05, 0.1) is 5.75 Å². The average molecular weight is 443 g/mol. The van der Waals surface area contributed by atoms with Crippen LogP contribution in [0.4, 0.5) is 15.8 Å². The van der Waals surface area contributed by atoms with Crippen LogP contribution in [-0.2, 0) is 9.59 Å². The topological polar surface area (TPSA) is 49.4 Å². The molecule has 1 fully saturated rings. The average Bonchev–Trinajstić information content (AvgIpc) is 3.14. The van der Waals surface area contributed by atoms with Crippen molar-refractivity contribution in [2.45, 2.75) is 64.2 Å². The molecule has 1 heterocycles. The lowest BCUT2D eigenvalue weighted by molar-refractivity contribution is -0.117. The summed E-state index contributed by atoms with van der Waals surface area (Å²) in [5.74, 6) is -0.0120. The van der Waals surface area contributed by atoms with Crippen LogP contribution >= 0.6 is 11.8 Å². The van der Waals surface area contributed by atoms with Gasteiger partial charge in [-0.05, 0) is 48.7 Å². The molecule has 166 valence electrons. The van der Waals surface area contributed by atoms with Crippen molar-refractivity contribution in [3.8, 4) is 0 Å². The Kier molecular flexibility index (Phi) is 8.52. The minimum Gasteiger partial charge on any atom is -0.326 e. The van der Waals surface area contributed by atoms with E-state index >= 15 is 0 Å². The number of hydrogen-bond acceptors (Lipinski definition) is 3. The second-order valence-electron chi connectivity index (χ2n) is 8.05. The SMILES string of the molecule is CCCCCCCCC(=O)Nc1cccc(C2SCC(=O)N2c2ccc(C)c(F)c2)c1. The molecule has 1 unspecified atom stereocenters. The third-order valence-corrected chi connectivity index (χ3v) is 6.73. The summed E-state index contributed by atoms with van der Waals surface area (Å²) < 4.78 is 14.1. The Hall–Kier alpha value is -2.34. The summed E-state index contributed by atoms with van der Waals surface area (Å²) in [6, 6.07) is 12.5. The van der Waals surface area contributed by atoms with Crippen molar-refractivity contribution in [1.29, 1.82) is 0 Å². The standard InChI is InChI=1S/C25H31FN2O2S/c1-3-4-5-6-7-8-12-23(29)27-20-11-9-10-19(15-20)25-28(24(30)17-31-25)21-14-13-18(2)22(26)16-21/h9-11,13-16,25H,3-8,12,17H2,1-2H3,(H,27,29). The summed E-state index contributed by atoms with van der Waals surface area (Å²) in [6.07, 6.45) is 7.39. The predicted molar refractivity (Wildman–Crippen MR) is 127 cm³/mol. The summed E-state index contributed by atoms with van der Waals surface area (Å²) in [5.41, 5.74) is 2.74. The van der Waals surface area contributed by atoms with Gasteiger partial charge in [0.15, 0.2) is 0 Å². The molecule has 31 heavy (non-hydrogen) atoms. The minimum absolute atomic E-state index is 0.0141. The van der Waals surface area contributed by atoms with Crippen LogP contribution in [0.1, 0.15) is 68.4 Å². The van der Waals surface area contributed by atoms with Gasteiger partial charge in [0.1, 0.15) is 11.2 Å². The highest BCUT2D eigenvalue weighted by Gasteiger charge is 2.34. The maximum Gasteiger partial charge on any atom is 0.238 e. The third-order valence-electron chi connectivity index (χ3n) is 5.51. The largest absolute Gasteiger partial charge is 0.326 e. The molecule has 3 rings (SSSR count). The van der Waals surface area contributed by atoms with Crippen LogP contribution in [0.15, 0.2) is 42.5 Å². The monoisotopic (exact) mass is 442 g/mol. The zero-order valence-electron chi connectivity index (χ0n) is 18.3. The first-order valence-electron chi connectivity index (χ1n) is 11.1. The molecule has 4 nitrogen and oxygen atoms in total. The van der Waals surface area contributed by atoms with Gasteiger partial charge in [-0.25, -0.2) is 4.39 Å². The highest BCUT2D eigenvalue weighted by Crippen LogP contribution is 2.42. The summed E-state index contributed by atoms with van der Waals surface area (Å²) >= 11 is 1.51. The molecule has 0 radical (unpaired) electrons. The van der Waals surface area contributed by atoms with Crippen LogP contribution < -0.4 is 10.2 Å². The summed E-state index contributed by atoms with van der Waals surface area (Å²) in [7, 11) is 0. The number of halogens is 1. The first kappa shape index (κ1) is 23.3. The normalized spacial score (nSPS) is 16.0. The summed E-state index contributed by atoms with van der Waals surface area (Å²) in [4.78, 5) is 26.5. The lowest BCUT2D eigenvalue weighted by atomic mass is 10.1. The van der Waals surface area contributed by atoms with Gasteiger partial charge < -0.3 is 5.32 Å². The van der Waals surface area contributed by atoms with Gasteiger partial charge in [0.2, 0.25) is 11.8 Å². The van der Waals surface area contributed by atoms with Crippen LogP contribution in [-0.4, -0.2) is 17.6 Å². The first-order valence-corrected chi connectivity index (χ1v) is 12.1. The van der Waals surface area contributed by atoms with Crippen molar-refractivity contribution in [3.05, 3.63) is 59.4 Å². The quantitative estimate of drug-likeness (QED) is 0.422. The molecule has 0 saturated carbocycles. The third kappa shape index (κ3) is 6.33. The maximum absolute atomic E-state index is 14.1. The van der Waals surface area contributed by atoms with Crippen molar-refractivity contribution >= 4 is 35.0 Å². The molecule has 0 aliphatic carbocycles. The molecule has 0 spiro atoms. The van der Waals surface area contributed by atoms with Crippen molar-refractivity contribution in [1.82, 2.24) is 0 Å². The number of nitrogens with zero attached hydrogens (tertiary/aromatic N) is 1. The van der Waals surface area contributed by atoms with Gasteiger partial charge in [-0.3, -0.25) is 14.5 Å². The lowest BCUT2D eigenvalue weighted by Crippen LogP contribution is -2.28. The second kappa shape index (κ2) is 11.3. The van der Waals surface area contributed by atoms with E-state index in [0.29, 0.717) is 23.4 Å². The highest BCUT2D eigenvalue weighted by molar-refractivity contribution is 8.00. The Bertz CT molecular complexity index is 918. The Labute approximate surface area is 188 Å². The van der Waals surface area contributed by atoms with E-state index in [1.807, 2.05) is 24.3 Å². The van der Waals surface area contributed by atoms with Crippen LogP contribution in [0.3, 0.4) is 0 Å².